The van der Waals surface area contributed by atoms with Crippen molar-refractivity contribution in [3.05, 3.63) is 30.1 Å². The van der Waals surface area contributed by atoms with Crippen molar-refractivity contribution >= 4 is 17.6 Å². The summed E-state index contributed by atoms with van der Waals surface area (Å²) in [6, 6.07) is 6.66. The lowest BCUT2D eigenvalue weighted by molar-refractivity contribution is -0.576. The van der Waals surface area contributed by atoms with Crippen LogP contribution in [0.5, 0.6) is 0 Å². The lowest BCUT2D eigenvalue weighted by Crippen LogP contribution is -2.70. The first-order chi connectivity index (χ1) is 18.7. The average molecular weight is 547 g/mol. The number of amides is 1. The molecule has 0 radical (unpaired) electrons. The Hall–Kier alpha value is -2.27. The van der Waals surface area contributed by atoms with Crippen LogP contribution < -0.4 is 4.90 Å². The number of ether oxygens (including phenoxy) is 3. The fourth-order valence-corrected chi connectivity index (χ4v) is 7.47. The molecule has 1 aromatic rings. The van der Waals surface area contributed by atoms with Crippen molar-refractivity contribution in [2.24, 2.45) is 23.7 Å². The standard InChI is InChI=1S/C29H39FN2O7/c1-18-8-9-21-19(2)26(36-27-29(21)20(18)12-13-28(3,37-27)38-39-29)35-25(34)11-10-24(33)32-16-14-31(15-17-32)23-7-5-4-6-22(23)30/h4-7,18-21,26-27H,8-17H2,1-3H3/t18-,19-,20?,21?,26-,27-,28?,29-/m1/s1. The Morgan fingerprint density at radius 3 is 2.56 bits per heavy atom. The number of benzene rings is 1. The van der Waals surface area contributed by atoms with Gasteiger partial charge in [0.05, 0.1) is 12.1 Å². The molecular weight excluding hydrogens is 507 g/mol. The molecule has 5 aliphatic heterocycles. The second kappa shape index (κ2) is 10.3. The van der Waals surface area contributed by atoms with Crippen LogP contribution in [-0.2, 0) is 33.6 Å². The third-order valence-corrected chi connectivity index (χ3v) is 9.71. The van der Waals surface area contributed by atoms with Crippen molar-refractivity contribution in [1.82, 2.24) is 4.90 Å². The fraction of sp³-hybridized carbons (Fsp3) is 0.724. The number of fused-ring (bicyclic) bond motifs is 2. The molecule has 10 heteroatoms. The van der Waals surface area contributed by atoms with E-state index in [-0.39, 0.29) is 42.3 Å². The lowest BCUT2D eigenvalue weighted by Gasteiger charge is -2.59. The zero-order valence-electron chi connectivity index (χ0n) is 23.0. The first-order valence-electron chi connectivity index (χ1n) is 14.4. The van der Waals surface area contributed by atoms with Crippen molar-refractivity contribution in [2.75, 3.05) is 31.1 Å². The number of hydrogen-bond donors (Lipinski definition) is 0. The Labute approximate surface area is 228 Å². The van der Waals surface area contributed by atoms with Crippen LogP contribution in [0.25, 0.3) is 0 Å². The number of nitrogens with zero attached hydrogens (tertiary/aromatic N) is 2. The van der Waals surface area contributed by atoms with Crippen LogP contribution in [0.3, 0.4) is 0 Å². The first kappa shape index (κ1) is 26.9. The van der Waals surface area contributed by atoms with E-state index in [1.807, 2.05) is 18.7 Å². The van der Waals surface area contributed by atoms with Gasteiger partial charge in [0.25, 0.3) is 0 Å². The molecule has 5 saturated heterocycles. The molecule has 39 heavy (non-hydrogen) atoms. The summed E-state index contributed by atoms with van der Waals surface area (Å²) in [6.45, 7) is 8.19. The molecule has 1 spiro atoms. The van der Waals surface area contributed by atoms with Crippen LogP contribution in [-0.4, -0.2) is 66.9 Å². The number of esters is 1. The maximum atomic E-state index is 14.1. The van der Waals surface area contributed by atoms with Crippen LogP contribution >= 0.6 is 0 Å². The van der Waals surface area contributed by atoms with Gasteiger partial charge in [0.15, 0.2) is 11.9 Å². The van der Waals surface area contributed by atoms with Gasteiger partial charge in [-0.2, -0.15) is 0 Å². The second-order valence-corrected chi connectivity index (χ2v) is 12.1. The molecule has 3 unspecified atom stereocenters. The zero-order valence-corrected chi connectivity index (χ0v) is 23.0. The van der Waals surface area contributed by atoms with Gasteiger partial charge in [0, 0.05) is 50.9 Å². The molecular formula is C29H39FN2O7. The van der Waals surface area contributed by atoms with Gasteiger partial charge in [0.1, 0.15) is 5.82 Å². The molecule has 0 N–H and O–H groups in total. The average Bonchev–Trinajstić information content (AvgIpc) is 3.16. The first-order valence-corrected chi connectivity index (χ1v) is 14.4. The minimum absolute atomic E-state index is 0.0305. The van der Waals surface area contributed by atoms with E-state index < -0.39 is 29.9 Å². The third kappa shape index (κ3) is 4.73. The highest BCUT2D eigenvalue weighted by atomic mass is 19.1. The number of halogens is 1. The van der Waals surface area contributed by atoms with Gasteiger partial charge < -0.3 is 24.0 Å². The van der Waals surface area contributed by atoms with Gasteiger partial charge in [-0.25, -0.2) is 14.2 Å². The summed E-state index contributed by atoms with van der Waals surface area (Å²) in [5.41, 5.74) is -0.163. The number of hydrogen-bond acceptors (Lipinski definition) is 8. The minimum atomic E-state index is -0.893. The van der Waals surface area contributed by atoms with E-state index in [0.29, 0.717) is 44.2 Å². The summed E-state index contributed by atoms with van der Waals surface area (Å²) in [4.78, 5) is 41.3. The van der Waals surface area contributed by atoms with E-state index in [1.54, 1.807) is 23.1 Å². The summed E-state index contributed by atoms with van der Waals surface area (Å²) in [6.07, 6.45) is 2.18. The predicted molar refractivity (Wildman–Crippen MR) is 137 cm³/mol. The van der Waals surface area contributed by atoms with Gasteiger partial charge in [0.2, 0.25) is 18.0 Å². The highest BCUT2D eigenvalue weighted by Crippen LogP contribution is 2.60. The smallest absolute Gasteiger partial charge is 0.308 e. The number of para-hydroxylation sites is 1. The van der Waals surface area contributed by atoms with Gasteiger partial charge in [-0.05, 0) is 50.2 Å². The molecule has 1 aromatic carbocycles. The normalized spacial score (nSPS) is 39.6. The molecule has 1 saturated carbocycles. The summed E-state index contributed by atoms with van der Waals surface area (Å²) < 4.78 is 32.6. The molecule has 8 atom stereocenters. The number of carbonyl (C=O) groups excluding carboxylic acids is 2. The number of anilines is 1. The third-order valence-electron chi connectivity index (χ3n) is 9.71. The van der Waals surface area contributed by atoms with Gasteiger partial charge in [-0.3, -0.25) is 9.59 Å². The Balaban J connectivity index is 1.04. The Kier molecular flexibility index (Phi) is 7.10. The number of rotatable bonds is 5. The number of carbonyl (C=O) groups is 2. The van der Waals surface area contributed by atoms with E-state index in [9.17, 15) is 14.0 Å². The van der Waals surface area contributed by atoms with Gasteiger partial charge in [-0.1, -0.05) is 26.0 Å². The van der Waals surface area contributed by atoms with Crippen LogP contribution in [0.2, 0.25) is 0 Å². The summed E-state index contributed by atoms with van der Waals surface area (Å²) in [5, 5.41) is 0. The fourth-order valence-electron chi connectivity index (χ4n) is 7.47. The van der Waals surface area contributed by atoms with E-state index in [2.05, 4.69) is 6.92 Å². The largest absolute Gasteiger partial charge is 0.435 e. The lowest BCUT2D eigenvalue weighted by atomic mass is 9.58. The summed E-state index contributed by atoms with van der Waals surface area (Å²) >= 11 is 0. The van der Waals surface area contributed by atoms with E-state index in [0.717, 1.165) is 19.3 Å². The molecule has 1 aliphatic carbocycles. The van der Waals surface area contributed by atoms with E-state index in [1.165, 1.54) is 6.07 Å². The van der Waals surface area contributed by atoms with E-state index >= 15 is 0 Å². The Morgan fingerprint density at radius 2 is 1.79 bits per heavy atom. The number of piperazine rings is 1. The second-order valence-electron chi connectivity index (χ2n) is 12.1. The van der Waals surface area contributed by atoms with Crippen molar-refractivity contribution in [3.63, 3.8) is 0 Å². The van der Waals surface area contributed by atoms with E-state index in [4.69, 9.17) is 24.0 Å². The molecule has 7 rings (SSSR count). The van der Waals surface area contributed by atoms with Crippen molar-refractivity contribution < 1.29 is 38.0 Å². The van der Waals surface area contributed by atoms with Crippen LogP contribution in [0.15, 0.2) is 24.3 Å². The highest BCUT2D eigenvalue weighted by molar-refractivity contribution is 5.81. The van der Waals surface area contributed by atoms with Crippen molar-refractivity contribution in [1.29, 1.82) is 0 Å². The maximum Gasteiger partial charge on any atom is 0.308 e. The maximum absolute atomic E-state index is 14.1. The molecule has 6 aliphatic rings. The Bertz CT molecular complexity index is 1100. The zero-order chi connectivity index (χ0) is 27.4. The SMILES string of the molecule is C[C@@H]1CCC2[C@@H](C)[C@H](OC(=O)CCC(=O)N3CCN(c4ccccc4F)CC3)O[C@@H]3OC4(C)CCC1[C@@]23OO4. The molecule has 214 valence electrons. The topological polar surface area (TPSA) is 86.8 Å². The van der Waals surface area contributed by atoms with Gasteiger partial charge in [-0.15, -0.1) is 0 Å². The quantitative estimate of drug-likeness (QED) is 0.405. The summed E-state index contributed by atoms with van der Waals surface area (Å²) in [7, 11) is 0. The molecule has 6 fully saturated rings. The predicted octanol–water partition coefficient (Wildman–Crippen LogP) is 4.01. The van der Waals surface area contributed by atoms with Crippen LogP contribution in [0.1, 0.15) is 59.3 Å². The van der Waals surface area contributed by atoms with Crippen molar-refractivity contribution in [3.8, 4) is 0 Å². The monoisotopic (exact) mass is 546 g/mol. The molecule has 0 aromatic heterocycles. The van der Waals surface area contributed by atoms with Crippen molar-refractivity contribution in [2.45, 2.75) is 83.3 Å². The molecule has 9 nitrogen and oxygen atoms in total. The highest BCUT2D eigenvalue weighted by Gasteiger charge is 2.69. The van der Waals surface area contributed by atoms with Crippen LogP contribution in [0.4, 0.5) is 10.1 Å². The molecule has 1 amide bonds. The molecule has 5 heterocycles. The Morgan fingerprint density at radius 1 is 1.03 bits per heavy atom. The summed E-state index contributed by atoms with van der Waals surface area (Å²) in [5.74, 6) is -1.10. The van der Waals surface area contributed by atoms with Crippen LogP contribution in [0, 0.1) is 29.5 Å². The molecule has 2 bridgehead atoms. The van der Waals surface area contributed by atoms with Gasteiger partial charge >= 0.3 is 5.97 Å². The minimum Gasteiger partial charge on any atom is -0.435 e.